The number of hydrogen-bond acceptors (Lipinski definition) is 3. The Bertz CT molecular complexity index is 340. The normalized spacial score (nSPS) is 10.3. The van der Waals surface area contributed by atoms with Crippen molar-refractivity contribution in [2.24, 2.45) is 5.73 Å². The molecule has 4 heteroatoms. The van der Waals surface area contributed by atoms with Crippen molar-refractivity contribution in [2.45, 2.75) is 13.5 Å². The largest absolute Gasteiger partial charge is 0.384 e. The van der Waals surface area contributed by atoms with Gasteiger partial charge in [-0.05, 0) is 18.6 Å². The molecule has 16 heavy (non-hydrogen) atoms. The summed E-state index contributed by atoms with van der Waals surface area (Å²) in [7, 11) is 0. The molecule has 1 aromatic rings. The van der Waals surface area contributed by atoms with E-state index in [0.29, 0.717) is 26.4 Å². The fourth-order valence-corrected chi connectivity index (χ4v) is 1.28. The maximum absolute atomic E-state index is 7.32. The van der Waals surface area contributed by atoms with Gasteiger partial charge in [-0.25, -0.2) is 0 Å². The zero-order chi connectivity index (χ0) is 11.8. The van der Waals surface area contributed by atoms with E-state index >= 15 is 0 Å². The summed E-state index contributed by atoms with van der Waals surface area (Å²) in [5.74, 6) is 0.0798. The Morgan fingerprint density at radius 3 is 2.75 bits per heavy atom. The molecule has 0 aliphatic carbocycles. The third-order valence-corrected chi connectivity index (χ3v) is 2.08. The van der Waals surface area contributed by atoms with Crippen LogP contribution in [0.5, 0.6) is 0 Å². The van der Waals surface area contributed by atoms with E-state index in [-0.39, 0.29) is 5.84 Å². The number of rotatable bonds is 7. The summed E-state index contributed by atoms with van der Waals surface area (Å²) < 4.78 is 10.6. The molecule has 0 spiro atoms. The second-order valence-electron chi connectivity index (χ2n) is 3.36. The summed E-state index contributed by atoms with van der Waals surface area (Å²) in [5.41, 5.74) is 7.14. The van der Waals surface area contributed by atoms with E-state index in [2.05, 4.69) is 0 Å². The van der Waals surface area contributed by atoms with Gasteiger partial charge in [0.25, 0.3) is 0 Å². The van der Waals surface area contributed by atoms with Crippen molar-refractivity contribution in [2.75, 3.05) is 19.8 Å². The predicted octanol–water partition coefficient (Wildman–Crippen LogP) is 1.52. The van der Waals surface area contributed by atoms with E-state index < -0.39 is 0 Å². The second kappa shape index (κ2) is 6.98. The van der Waals surface area contributed by atoms with Gasteiger partial charge in [0, 0.05) is 12.2 Å². The van der Waals surface area contributed by atoms with Crippen molar-refractivity contribution in [3.8, 4) is 0 Å². The van der Waals surface area contributed by atoms with Gasteiger partial charge in [-0.2, -0.15) is 0 Å². The molecule has 0 aliphatic heterocycles. The first-order chi connectivity index (χ1) is 7.74. The minimum Gasteiger partial charge on any atom is -0.384 e. The van der Waals surface area contributed by atoms with Gasteiger partial charge in [0.15, 0.2) is 0 Å². The quantitative estimate of drug-likeness (QED) is 0.417. The molecule has 0 radical (unpaired) electrons. The van der Waals surface area contributed by atoms with Gasteiger partial charge in [0.1, 0.15) is 5.84 Å². The van der Waals surface area contributed by atoms with E-state index in [1.807, 2.05) is 31.2 Å². The third-order valence-electron chi connectivity index (χ3n) is 2.08. The van der Waals surface area contributed by atoms with Gasteiger partial charge < -0.3 is 15.2 Å². The lowest BCUT2D eigenvalue weighted by Crippen LogP contribution is -2.11. The standard InChI is InChI=1S/C12H18N2O2/c1-2-15-6-7-16-9-10-4-3-5-11(8-10)12(13)14/h3-5,8H,2,6-7,9H2,1H3,(H3,13,14). The zero-order valence-corrected chi connectivity index (χ0v) is 9.53. The lowest BCUT2D eigenvalue weighted by Gasteiger charge is -2.06. The van der Waals surface area contributed by atoms with Crippen LogP contribution in [0.1, 0.15) is 18.1 Å². The van der Waals surface area contributed by atoms with E-state index in [1.165, 1.54) is 0 Å². The molecule has 88 valence electrons. The summed E-state index contributed by atoms with van der Waals surface area (Å²) in [6.07, 6.45) is 0. The van der Waals surface area contributed by atoms with Crippen molar-refractivity contribution >= 4 is 5.84 Å². The second-order valence-corrected chi connectivity index (χ2v) is 3.36. The maximum atomic E-state index is 7.32. The molecule has 0 saturated heterocycles. The van der Waals surface area contributed by atoms with Gasteiger partial charge >= 0.3 is 0 Å². The Hall–Kier alpha value is -1.39. The molecule has 0 unspecified atom stereocenters. The lowest BCUT2D eigenvalue weighted by molar-refractivity contribution is 0.0453. The van der Waals surface area contributed by atoms with E-state index in [1.54, 1.807) is 0 Å². The van der Waals surface area contributed by atoms with Gasteiger partial charge in [0.05, 0.1) is 19.8 Å². The topological polar surface area (TPSA) is 68.3 Å². The number of nitrogens with one attached hydrogen (secondary N) is 1. The first-order valence-corrected chi connectivity index (χ1v) is 5.33. The molecule has 0 atom stereocenters. The van der Waals surface area contributed by atoms with Gasteiger partial charge in [-0.1, -0.05) is 18.2 Å². The fraction of sp³-hybridized carbons (Fsp3) is 0.417. The molecule has 0 aliphatic rings. The molecule has 0 bridgehead atoms. The van der Waals surface area contributed by atoms with Crippen LogP contribution in [0.25, 0.3) is 0 Å². The third kappa shape index (κ3) is 4.42. The minimum atomic E-state index is 0.0798. The summed E-state index contributed by atoms with van der Waals surface area (Å²) in [4.78, 5) is 0. The fourth-order valence-electron chi connectivity index (χ4n) is 1.28. The molecule has 3 N–H and O–H groups in total. The molecule has 1 aromatic carbocycles. The molecule has 0 heterocycles. The lowest BCUT2D eigenvalue weighted by atomic mass is 10.1. The summed E-state index contributed by atoms with van der Waals surface area (Å²) in [5, 5.41) is 7.32. The molecule has 1 rings (SSSR count). The van der Waals surface area contributed by atoms with Gasteiger partial charge in [0.2, 0.25) is 0 Å². The first kappa shape index (κ1) is 12.7. The highest BCUT2D eigenvalue weighted by Crippen LogP contribution is 2.05. The van der Waals surface area contributed by atoms with E-state index in [9.17, 15) is 0 Å². The highest BCUT2D eigenvalue weighted by Gasteiger charge is 1.98. The van der Waals surface area contributed by atoms with Crippen LogP contribution in [-0.4, -0.2) is 25.7 Å². The highest BCUT2D eigenvalue weighted by atomic mass is 16.5. The SMILES string of the molecule is CCOCCOCc1cccc(C(=N)N)c1. The summed E-state index contributed by atoms with van der Waals surface area (Å²) in [6.45, 7) is 4.38. The zero-order valence-electron chi connectivity index (χ0n) is 9.53. The summed E-state index contributed by atoms with van der Waals surface area (Å²) in [6, 6.07) is 7.50. The monoisotopic (exact) mass is 222 g/mol. The Morgan fingerprint density at radius 1 is 1.31 bits per heavy atom. The number of hydrogen-bond donors (Lipinski definition) is 2. The average molecular weight is 222 g/mol. The van der Waals surface area contributed by atoms with Crippen LogP contribution in [0, 0.1) is 5.41 Å². The van der Waals surface area contributed by atoms with Crippen LogP contribution in [0.15, 0.2) is 24.3 Å². The predicted molar refractivity (Wildman–Crippen MR) is 63.6 cm³/mol. The van der Waals surface area contributed by atoms with Crippen LogP contribution >= 0.6 is 0 Å². The number of nitrogen functional groups attached to an aromatic ring is 1. The van der Waals surface area contributed by atoms with Crippen LogP contribution in [0.4, 0.5) is 0 Å². The highest BCUT2D eigenvalue weighted by molar-refractivity contribution is 5.95. The van der Waals surface area contributed by atoms with Crippen LogP contribution < -0.4 is 5.73 Å². The molecule has 0 aromatic heterocycles. The van der Waals surface area contributed by atoms with Crippen molar-refractivity contribution < 1.29 is 9.47 Å². The summed E-state index contributed by atoms with van der Waals surface area (Å²) >= 11 is 0. The number of amidine groups is 1. The number of benzene rings is 1. The van der Waals surface area contributed by atoms with Gasteiger partial charge in [-0.3, -0.25) is 5.41 Å². The van der Waals surface area contributed by atoms with E-state index in [0.717, 1.165) is 11.1 Å². The van der Waals surface area contributed by atoms with Crippen LogP contribution in [0.3, 0.4) is 0 Å². The smallest absolute Gasteiger partial charge is 0.122 e. The number of nitrogens with two attached hydrogens (primary N) is 1. The van der Waals surface area contributed by atoms with Crippen molar-refractivity contribution in [1.29, 1.82) is 5.41 Å². The Balaban J connectivity index is 2.36. The molecule has 0 fully saturated rings. The van der Waals surface area contributed by atoms with Crippen molar-refractivity contribution in [3.05, 3.63) is 35.4 Å². The molecular formula is C12H18N2O2. The van der Waals surface area contributed by atoms with Crippen molar-refractivity contribution in [1.82, 2.24) is 0 Å². The molecular weight excluding hydrogens is 204 g/mol. The molecule has 0 saturated carbocycles. The maximum Gasteiger partial charge on any atom is 0.122 e. The van der Waals surface area contributed by atoms with E-state index in [4.69, 9.17) is 20.6 Å². The molecule has 0 amide bonds. The average Bonchev–Trinajstić information content (AvgIpc) is 2.29. The molecule has 4 nitrogen and oxygen atoms in total. The Morgan fingerprint density at radius 2 is 2.06 bits per heavy atom. The Labute approximate surface area is 95.9 Å². The minimum absolute atomic E-state index is 0.0798. The van der Waals surface area contributed by atoms with Crippen molar-refractivity contribution in [3.63, 3.8) is 0 Å². The van der Waals surface area contributed by atoms with Crippen LogP contribution in [0.2, 0.25) is 0 Å². The van der Waals surface area contributed by atoms with Gasteiger partial charge in [-0.15, -0.1) is 0 Å². The van der Waals surface area contributed by atoms with Crippen LogP contribution in [-0.2, 0) is 16.1 Å². The number of ether oxygens (including phenoxy) is 2. The first-order valence-electron chi connectivity index (χ1n) is 5.33. The Kier molecular flexibility index (Phi) is 5.53.